The smallest absolute Gasteiger partial charge is 0.154 e. The number of allylic oxidation sites excluding steroid dienone is 8. The summed E-state index contributed by atoms with van der Waals surface area (Å²) in [4.78, 5) is 19.5. The summed E-state index contributed by atoms with van der Waals surface area (Å²) in [7, 11) is 0. The van der Waals surface area contributed by atoms with Crippen LogP contribution in [0.4, 0.5) is 0 Å². The summed E-state index contributed by atoms with van der Waals surface area (Å²) in [6, 6.07) is 0. The third-order valence-corrected chi connectivity index (χ3v) is 8.39. The van der Waals surface area contributed by atoms with E-state index in [2.05, 4.69) is 98.2 Å². The average molecular weight is 547 g/mol. The Kier molecular flexibility index (Phi) is 16.5. The van der Waals surface area contributed by atoms with E-state index in [1.165, 1.54) is 43.3 Å². The van der Waals surface area contributed by atoms with Crippen molar-refractivity contribution in [2.75, 3.05) is 0 Å². The molecule has 1 aliphatic heterocycles. The zero-order valence-electron chi connectivity index (χ0n) is 27.4. The Hall–Kier alpha value is -2.68. The van der Waals surface area contributed by atoms with Gasteiger partial charge in [-0.3, -0.25) is 9.79 Å². The van der Waals surface area contributed by atoms with Crippen LogP contribution in [-0.4, -0.2) is 16.4 Å². The van der Waals surface area contributed by atoms with Gasteiger partial charge in [-0.2, -0.15) is 0 Å². The molecule has 0 aromatic carbocycles. The molecule has 1 aliphatic rings. The molecular weight excluding hydrogens is 488 g/mol. The first-order valence-electron chi connectivity index (χ1n) is 15.7. The zero-order chi connectivity index (χ0) is 30.2. The van der Waals surface area contributed by atoms with Crippen LogP contribution in [0.25, 0.3) is 0 Å². The largest absolute Gasteiger partial charge is 0.324 e. The summed E-state index contributed by atoms with van der Waals surface area (Å²) in [5.41, 5.74) is 6.20. The normalized spacial score (nSPS) is 18.7. The number of hydrogen-bond acceptors (Lipinski definition) is 3. The van der Waals surface area contributed by atoms with E-state index in [-0.39, 0.29) is 11.7 Å². The number of aliphatic imine (C=N–C) groups is 1. The van der Waals surface area contributed by atoms with Crippen molar-refractivity contribution in [1.82, 2.24) is 4.90 Å². The zero-order valence-corrected chi connectivity index (χ0v) is 27.4. The lowest BCUT2D eigenvalue weighted by Crippen LogP contribution is -2.14. The topological polar surface area (TPSA) is 32.7 Å². The van der Waals surface area contributed by atoms with Crippen LogP contribution in [0.15, 0.2) is 88.5 Å². The molecule has 0 bridgehead atoms. The number of rotatable bonds is 17. The molecule has 1 heterocycles. The number of hydrogen-bond donors (Lipinski definition) is 0. The van der Waals surface area contributed by atoms with E-state index in [1.54, 1.807) is 13.0 Å². The third-order valence-electron chi connectivity index (χ3n) is 8.39. The van der Waals surface area contributed by atoms with Gasteiger partial charge in [-0.15, -0.1) is 0 Å². The van der Waals surface area contributed by atoms with E-state index in [0.29, 0.717) is 17.5 Å². The molecule has 1 rings (SSSR count). The van der Waals surface area contributed by atoms with Crippen LogP contribution in [0, 0.1) is 23.7 Å². The van der Waals surface area contributed by atoms with E-state index in [4.69, 9.17) is 4.99 Å². The minimum absolute atomic E-state index is 0.00925. The highest BCUT2D eigenvalue weighted by molar-refractivity contribution is 5.99. The Morgan fingerprint density at radius 1 is 0.950 bits per heavy atom. The standard InChI is InChI=1S/C37H58N2O/c1-12-17-34(20-18-27(6)13-2)33(16-5)22-23-36(29(8)15-4)38-37(24-32(11)40)35-21-19-31(10)39(26-35)25-30(9)28(7)14-3/h16,19,21-29,34H,10,12-15,17-18,20H2,1-9,11H3/b23-22-,30-25-,33-16+,37-24-,38-36+. The maximum Gasteiger partial charge on any atom is 0.154 e. The molecule has 222 valence electrons. The van der Waals surface area contributed by atoms with Gasteiger partial charge in [0.2, 0.25) is 0 Å². The lowest BCUT2D eigenvalue weighted by molar-refractivity contribution is -0.112. The van der Waals surface area contributed by atoms with Gasteiger partial charge in [0.05, 0.1) is 5.70 Å². The molecule has 0 aromatic rings. The minimum atomic E-state index is -0.00925. The van der Waals surface area contributed by atoms with E-state index < -0.39 is 0 Å². The molecule has 0 spiro atoms. The Morgan fingerprint density at radius 3 is 2.17 bits per heavy atom. The Balaban J connectivity index is 3.50. The fourth-order valence-electron chi connectivity index (χ4n) is 4.69. The van der Waals surface area contributed by atoms with Crippen LogP contribution in [0.5, 0.6) is 0 Å². The summed E-state index contributed by atoms with van der Waals surface area (Å²) in [5, 5.41) is 0. The van der Waals surface area contributed by atoms with Gasteiger partial charge < -0.3 is 4.90 Å². The SMILES string of the molecule is C=C1C=CC(C(=C/C(C)=O)/N=C(\C=C/C(=C\C)C(CCC)CCC(C)CC)C(C)CC)=CN1/C=C(/C)C(C)CC. The molecule has 0 amide bonds. The average Bonchev–Trinajstić information content (AvgIpc) is 2.94. The summed E-state index contributed by atoms with van der Waals surface area (Å²) in [6.45, 7) is 25.9. The van der Waals surface area contributed by atoms with Crippen molar-refractivity contribution in [1.29, 1.82) is 0 Å². The maximum absolute atomic E-state index is 12.3. The highest BCUT2D eigenvalue weighted by Crippen LogP contribution is 2.28. The minimum Gasteiger partial charge on any atom is -0.324 e. The second-order valence-electron chi connectivity index (χ2n) is 11.7. The number of carbonyl (C=O) groups is 1. The van der Waals surface area contributed by atoms with Crippen molar-refractivity contribution in [2.45, 2.75) is 114 Å². The first-order chi connectivity index (χ1) is 19.0. The number of nitrogens with zero attached hydrogens (tertiary/aromatic N) is 2. The molecule has 3 nitrogen and oxygen atoms in total. The molecule has 40 heavy (non-hydrogen) atoms. The van der Waals surface area contributed by atoms with Crippen LogP contribution in [-0.2, 0) is 4.79 Å². The molecule has 4 atom stereocenters. The predicted octanol–water partition coefficient (Wildman–Crippen LogP) is 10.9. The summed E-state index contributed by atoms with van der Waals surface area (Å²) < 4.78 is 0. The Morgan fingerprint density at radius 2 is 1.62 bits per heavy atom. The molecule has 3 heteroatoms. The number of carbonyl (C=O) groups excluding carboxylic acids is 1. The van der Waals surface area contributed by atoms with Gasteiger partial charge in [-0.1, -0.05) is 92.0 Å². The molecule has 0 aliphatic carbocycles. The van der Waals surface area contributed by atoms with Gasteiger partial charge in [-0.25, -0.2) is 0 Å². The van der Waals surface area contributed by atoms with E-state index in [0.717, 1.165) is 35.7 Å². The van der Waals surface area contributed by atoms with Crippen molar-refractivity contribution in [3.63, 3.8) is 0 Å². The van der Waals surface area contributed by atoms with Crippen LogP contribution < -0.4 is 0 Å². The summed E-state index contributed by atoms with van der Waals surface area (Å²) in [6.07, 6.45) is 24.8. The van der Waals surface area contributed by atoms with Crippen LogP contribution >= 0.6 is 0 Å². The third kappa shape index (κ3) is 11.8. The van der Waals surface area contributed by atoms with Crippen molar-refractivity contribution in [3.05, 3.63) is 83.5 Å². The lowest BCUT2D eigenvalue weighted by Gasteiger charge is -2.24. The maximum atomic E-state index is 12.3. The van der Waals surface area contributed by atoms with Crippen molar-refractivity contribution in [3.8, 4) is 0 Å². The van der Waals surface area contributed by atoms with Gasteiger partial charge in [0.15, 0.2) is 5.78 Å². The molecule has 0 fully saturated rings. The second-order valence-corrected chi connectivity index (χ2v) is 11.7. The first-order valence-corrected chi connectivity index (χ1v) is 15.7. The van der Waals surface area contributed by atoms with Gasteiger partial charge in [0.1, 0.15) is 0 Å². The van der Waals surface area contributed by atoms with Gasteiger partial charge >= 0.3 is 0 Å². The van der Waals surface area contributed by atoms with Crippen LogP contribution in [0.2, 0.25) is 0 Å². The Labute approximate surface area is 247 Å². The van der Waals surface area contributed by atoms with Crippen molar-refractivity contribution >= 4 is 11.5 Å². The fraction of sp³-hybridized carbons (Fsp3) is 0.568. The predicted molar refractivity (Wildman–Crippen MR) is 177 cm³/mol. The second kappa shape index (κ2) is 18.6. The van der Waals surface area contributed by atoms with Crippen molar-refractivity contribution < 1.29 is 4.79 Å². The molecule has 0 saturated carbocycles. The van der Waals surface area contributed by atoms with E-state index >= 15 is 0 Å². The number of ketones is 1. The highest BCUT2D eigenvalue weighted by atomic mass is 16.1. The monoisotopic (exact) mass is 546 g/mol. The van der Waals surface area contributed by atoms with Gasteiger partial charge in [0.25, 0.3) is 0 Å². The molecular formula is C37H58N2O. The fourth-order valence-corrected chi connectivity index (χ4v) is 4.69. The van der Waals surface area contributed by atoms with E-state index in [1.807, 2.05) is 18.4 Å². The lowest BCUT2D eigenvalue weighted by atomic mass is 9.86. The molecule has 4 unspecified atom stereocenters. The first kappa shape index (κ1) is 35.3. The summed E-state index contributed by atoms with van der Waals surface area (Å²) in [5.74, 6) is 2.07. The highest BCUT2D eigenvalue weighted by Gasteiger charge is 2.16. The van der Waals surface area contributed by atoms with Gasteiger partial charge in [0, 0.05) is 35.5 Å². The summed E-state index contributed by atoms with van der Waals surface area (Å²) >= 11 is 0. The molecule has 0 aromatic heterocycles. The molecule has 0 N–H and O–H groups in total. The Bertz CT molecular complexity index is 1050. The van der Waals surface area contributed by atoms with Crippen molar-refractivity contribution in [2.24, 2.45) is 28.7 Å². The van der Waals surface area contributed by atoms with E-state index in [9.17, 15) is 4.79 Å². The van der Waals surface area contributed by atoms with Gasteiger partial charge in [-0.05, 0) is 93.9 Å². The molecule has 0 saturated heterocycles. The van der Waals surface area contributed by atoms with Crippen LogP contribution in [0.1, 0.15) is 114 Å². The van der Waals surface area contributed by atoms with Crippen LogP contribution in [0.3, 0.4) is 0 Å². The quantitative estimate of drug-likeness (QED) is 0.103. The molecule has 0 radical (unpaired) electrons.